The van der Waals surface area contributed by atoms with E-state index in [1.54, 1.807) is 19.2 Å². The number of hydrogen-bond acceptors (Lipinski definition) is 3. The molecule has 0 saturated heterocycles. The summed E-state index contributed by atoms with van der Waals surface area (Å²) in [5.74, 6) is -0.344. The molecule has 18 heavy (non-hydrogen) atoms. The van der Waals surface area contributed by atoms with Crippen molar-refractivity contribution in [3.05, 3.63) is 47.8 Å². The number of carbonyl (C=O) groups is 1. The molecule has 0 aliphatic carbocycles. The summed E-state index contributed by atoms with van der Waals surface area (Å²) in [7, 11) is 0. The molecule has 2 rings (SSSR count). The molecule has 2 aromatic rings. The summed E-state index contributed by atoms with van der Waals surface area (Å²) in [6, 6.07) is 8.02. The maximum Gasteiger partial charge on any atom is 0.330 e. The number of aromatic nitrogens is 1. The fourth-order valence-electron chi connectivity index (χ4n) is 1.86. The van der Waals surface area contributed by atoms with E-state index in [2.05, 4.69) is 18.0 Å². The fourth-order valence-corrected chi connectivity index (χ4v) is 1.86. The standard InChI is InChI=1S/C15H15NO2/c1-3-18-15(17)8-7-14-13-6-4-5-11(2)12(13)9-10-16-14/h4-10H,3H2,1-2H3/b8-7+. The van der Waals surface area contributed by atoms with Crippen LogP contribution in [0.5, 0.6) is 0 Å². The predicted molar refractivity (Wildman–Crippen MR) is 72.1 cm³/mol. The number of aryl methyl sites for hydroxylation is 1. The molecule has 0 bridgehead atoms. The Morgan fingerprint density at radius 1 is 1.33 bits per heavy atom. The van der Waals surface area contributed by atoms with Crippen LogP contribution in [0.25, 0.3) is 16.8 Å². The average Bonchev–Trinajstić information content (AvgIpc) is 2.37. The Kier molecular flexibility index (Phi) is 3.72. The molecule has 0 saturated carbocycles. The van der Waals surface area contributed by atoms with Crippen LogP contribution < -0.4 is 0 Å². The summed E-state index contributed by atoms with van der Waals surface area (Å²) in [6.45, 7) is 4.22. The van der Waals surface area contributed by atoms with E-state index in [0.29, 0.717) is 6.61 Å². The number of rotatable bonds is 3. The third kappa shape index (κ3) is 2.56. The molecule has 0 atom stereocenters. The van der Waals surface area contributed by atoms with Crippen molar-refractivity contribution in [1.82, 2.24) is 4.98 Å². The minimum Gasteiger partial charge on any atom is -0.463 e. The smallest absolute Gasteiger partial charge is 0.330 e. The van der Waals surface area contributed by atoms with Gasteiger partial charge in [-0.2, -0.15) is 0 Å². The first kappa shape index (κ1) is 12.3. The Morgan fingerprint density at radius 3 is 2.94 bits per heavy atom. The highest BCUT2D eigenvalue weighted by Gasteiger charge is 2.02. The molecule has 1 aromatic heterocycles. The average molecular weight is 241 g/mol. The van der Waals surface area contributed by atoms with Crippen molar-refractivity contribution in [3.63, 3.8) is 0 Å². The van der Waals surface area contributed by atoms with E-state index in [1.807, 2.05) is 18.2 Å². The van der Waals surface area contributed by atoms with Gasteiger partial charge < -0.3 is 4.74 Å². The zero-order valence-corrected chi connectivity index (χ0v) is 10.5. The summed E-state index contributed by atoms with van der Waals surface area (Å²) >= 11 is 0. The van der Waals surface area contributed by atoms with Crippen LogP contribution in [0.15, 0.2) is 36.5 Å². The van der Waals surface area contributed by atoms with Crippen LogP contribution in [0.3, 0.4) is 0 Å². The van der Waals surface area contributed by atoms with Crippen LogP contribution >= 0.6 is 0 Å². The molecular weight excluding hydrogens is 226 g/mol. The molecule has 1 heterocycles. The van der Waals surface area contributed by atoms with Crippen molar-refractivity contribution in [2.24, 2.45) is 0 Å². The number of nitrogens with zero attached hydrogens (tertiary/aromatic N) is 1. The van der Waals surface area contributed by atoms with Crippen molar-refractivity contribution in [2.75, 3.05) is 6.61 Å². The van der Waals surface area contributed by atoms with E-state index in [0.717, 1.165) is 16.5 Å². The number of pyridine rings is 1. The Hall–Kier alpha value is -2.16. The van der Waals surface area contributed by atoms with Gasteiger partial charge in [0.2, 0.25) is 0 Å². The summed E-state index contributed by atoms with van der Waals surface area (Å²) in [5, 5.41) is 2.19. The number of fused-ring (bicyclic) bond motifs is 1. The third-order valence-corrected chi connectivity index (χ3v) is 2.72. The number of esters is 1. The second kappa shape index (κ2) is 5.45. The Labute approximate surface area is 106 Å². The molecule has 0 spiro atoms. The van der Waals surface area contributed by atoms with E-state index in [4.69, 9.17) is 4.74 Å². The van der Waals surface area contributed by atoms with Crippen LogP contribution in [0, 0.1) is 6.92 Å². The highest BCUT2D eigenvalue weighted by molar-refractivity contribution is 5.94. The van der Waals surface area contributed by atoms with Gasteiger partial charge in [0.05, 0.1) is 12.3 Å². The first-order chi connectivity index (χ1) is 8.72. The second-order valence-corrected chi connectivity index (χ2v) is 3.95. The SMILES string of the molecule is CCOC(=O)/C=C/c1nccc2c(C)cccc12. The zero-order chi connectivity index (χ0) is 13.0. The maximum absolute atomic E-state index is 11.3. The van der Waals surface area contributed by atoms with Gasteiger partial charge in [-0.3, -0.25) is 4.98 Å². The van der Waals surface area contributed by atoms with Gasteiger partial charge >= 0.3 is 5.97 Å². The van der Waals surface area contributed by atoms with Crippen molar-refractivity contribution in [3.8, 4) is 0 Å². The number of benzene rings is 1. The van der Waals surface area contributed by atoms with Crippen LogP contribution in [-0.2, 0) is 9.53 Å². The number of carbonyl (C=O) groups excluding carboxylic acids is 1. The molecule has 0 aliphatic rings. The third-order valence-electron chi connectivity index (χ3n) is 2.72. The largest absolute Gasteiger partial charge is 0.463 e. The molecule has 0 amide bonds. The van der Waals surface area contributed by atoms with Gasteiger partial charge in [0.15, 0.2) is 0 Å². The lowest BCUT2D eigenvalue weighted by molar-refractivity contribution is -0.137. The normalized spacial score (nSPS) is 11.0. The topological polar surface area (TPSA) is 39.2 Å². The summed E-state index contributed by atoms with van der Waals surface area (Å²) in [4.78, 5) is 15.6. The molecule has 3 heteroatoms. The van der Waals surface area contributed by atoms with E-state index < -0.39 is 0 Å². The molecular formula is C15H15NO2. The van der Waals surface area contributed by atoms with Crippen LogP contribution in [0.2, 0.25) is 0 Å². The summed E-state index contributed by atoms with van der Waals surface area (Å²) in [6.07, 6.45) is 4.85. The first-order valence-electron chi connectivity index (χ1n) is 5.91. The molecule has 0 fully saturated rings. The van der Waals surface area contributed by atoms with Crippen LogP contribution in [0.4, 0.5) is 0 Å². The lowest BCUT2D eigenvalue weighted by Gasteiger charge is -2.04. The zero-order valence-electron chi connectivity index (χ0n) is 10.5. The predicted octanol–water partition coefficient (Wildman–Crippen LogP) is 3.12. The quantitative estimate of drug-likeness (QED) is 0.612. The van der Waals surface area contributed by atoms with Crippen LogP contribution in [-0.4, -0.2) is 17.6 Å². The summed E-state index contributed by atoms with van der Waals surface area (Å²) in [5.41, 5.74) is 1.98. The first-order valence-corrected chi connectivity index (χ1v) is 5.91. The number of hydrogen-bond donors (Lipinski definition) is 0. The molecule has 0 N–H and O–H groups in total. The van der Waals surface area contributed by atoms with Gasteiger partial charge in [-0.15, -0.1) is 0 Å². The van der Waals surface area contributed by atoms with E-state index >= 15 is 0 Å². The van der Waals surface area contributed by atoms with Crippen molar-refractivity contribution < 1.29 is 9.53 Å². The molecule has 0 radical (unpaired) electrons. The Morgan fingerprint density at radius 2 is 2.17 bits per heavy atom. The Balaban J connectivity index is 2.40. The minimum absolute atomic E-state index is 0.344. The lowest BCUT2D eigenvalue weighted by Crippen LogP contribution is -1.98. The molecule has 92 valence electrons. The fraction of sp³-hybridized carbons (Fsp3) is 0.200. The minimum atomic E-state index is -0.344. The van der Waals surface area contributed by atoms with E-state index in [1.165, 1.54) is 11.6 Å². The van der Waals surface area contributed by atoms with Gasteiger partial charge in [-0.1, -0.05) is 18.2 Å². The summed E-state index contributed by atoms with van der Waals surface area (Å²) < 4.78 is 4.85. The monoisotopic (exact) mass is 241 g/mol. The maximum atomic E-state index is 11.3. The Bertz CT molecular complexity index is 602. The van der Waals surface area contributed by atoms with Gasteiger partial charge in [-0.05, 0) is 36.9 Å². The van der Waals surface area contributed by atoms with Gasteiger partial charge in [-0.25, -0.2) is 4.79 Å². The highest BCUT2D eigenvalue weighted by atomic mass is 16.5. The lowest BCUT2D eigenvalue weighted by atomic mass is 10.1. The molecule has 1 aromatic carbocycles. The molecule has 0 unspecified atom stereocenters. The van der Waals surface area contributed by atoms with Gasteiger partial charge in [0.1, 0.15) is 0 Å². The second-order valence-electron chi connectivity index (χ2n) is 3.95. The molecule has 0 aliphatic heterocycles. The van der Waals surface area contributed by atoms with E-state index in [-0.39, 0.29) is 5.97 Å². The molecule has 3 nitrogen and oxygen atoms in total. The van der Waals surface area contributed by atoms with Crippen molar-refractivity contribution >= 4 is 22.8 Å². The van der Waals surface area contributed by atoms with Gasteiger partial charge in [0, 0.05) is 17.7 Å². The van der Waals surface area contributed by atoms with Crippen LogP contribution in [0.1, 0.15) is 18.2 Å². The van der Waals surface area contributed by atoms with Crippen molar-refractivity contribution in [2.45, 2.75) is 13.8 Å². The van der Waals surface area contributed by atoms with E-state index in [9.17, 15) is 4.79 Å². The van der Waals surface area contributed by atoms with Crippen molar-refractivity contribution in [1.29, 1.82) is 0 Å². The highest BCUT2D eigenvalue weighted by Crippen LogP contribution is 2.21. The van der Waals surface area contributed by atoms with Gasteiger partial charge in [0.25, 0.3) is 0 Å². The number of ether oxygens (including phenoxy) is 1.